The largest absolute Gasteiger partial charge is 0.396 e. The van der Waals surface area contributed by atoms with Crippen LogP contribution in [0.5, 0.6) is 0 Å². The highest BCUT2D eigenvalue weighted by molar-refractivity contribution is 5.61. The molecule has 1 aliphatic rings. The van der Waals surface area contributed by atoms with E-state index in [4.69, 9.17) is 4.84 Å². The summed E-state index contributed by atoms with van der Waals surface area (Å²) < 4.78 is 0. The molecule has 1 heterocycles. The molecule has 0 radical (unpaired) electrons. The van der Waals surface area contributed by atoms with Gasteiger partial charge in [0, 0.05) is 12.1 Å². The van der Waals surface area contributed by atoms with Crippen molar-refractivity contribution in [1.29, 1.82) is 0 Å². The Hall–Kier alpha value is -0.530. The molecule has 0 saturated heterocycles. The predicted molar refractivity (Wildman–Crippen MR) is 42.0 cm³/mol. The van der Waals surface area contributed by atoms with Crippen LogP contribution in [0.4, 0.5) is 0 Å². The van der Waals surface area contributed by atoms with Gasteiger partial charge in [-0.1, -0.05) is 25.9 Å². The Morgan fingerprint density at radius 3 is 2.50 bits per heavy atom. The van der Waals surface area contributed by atoms with E-state index in [-0.39, 0.29) is 0 Å². The highest BCUT2D eigenvalue weighted by Gasteiger charge is 2.24. The average Bonchev–Trinajstić information content (AvgIpc) is 1.88. The summed E-state index contributed by atoms with van der Waals surface area (Å²) in [5.41, 5.74) is 0.341. The van der Waals surface area contributed by atoms with E-state index in [0.29, 0.717) is 11.3 Å². The number of oxime groups is 1. The lowest BCUT2D eigenvalue weighted by Gasteiger charge is -2.28. The minimum atomic E-state index is 0.341. The fraction of sp³-hybridized carbons (Fsp3) is 0.875. The lowest BCUT2D eigenvalue weighted by atomic mass is 9.79. The van der Waals surface area contributed by atoms with E-state index in [9.17, 15) is 0 Å². The van der Waals surface area contributed by atoms with Gasteiger partial charge in [0.25, 0.3) is 0 Å². The van der Waals surface area contributed by atoms with Crippen LogP contribution < -0.4 is 0 Å². The zero-order valence-electron chi connectivity index (χ0n) is 6.92. The maximum Gasteiger partial charge on any atom is 0.117 e. The van der Waals surface area contributed by atoms with Gasteiger partial charge in [-0.15, -0.1) is 0 Å². The normalized spacial score (nSPS) is 26.1. The monoisotopic (exact) mass is 141 g/mol. The first-order valence-corrected chi connectivity index (χ1v) is 3.76. The molecule has 0 fully saturated rings. The van der Waals surface area contributed by atoms with Crippen LogP contribution in [0, 0.1) is 11.3 Å². The molecule has 1 aliphatic heterocycles. The van der Waals surface area contributed by atoms with E-state index in [1.165, 1.54) is 0 Å². The molecular formula is C8H15NO. The van der Waals surface area contributed by atoms with Crippen LogP contribution in [-0.4, -0.2) is 12.8 Å². The van der Waals surface area contributed by atoms with E-state index >= 15 is 0 Å². The van der Waals surface area contributed by atoms with Crippen LogP contribution in [0.2, 0.25) is 0 Å². The number of rotatable bonds is 0. The zero-order chi connectivity index (χ0) is 7.61. The fourth-order valence-electron chi connectivity index (χ4n) is 1.08. The molecule has 0 bridgehead atoms. The van der Waals surface area contributed by atoms with Gasteiger partial charge < -0.3 is 4.84 Å². The van der Waals surface area contributed by atoms with Crippen LogP contribution in [0.15, 0.2) is 5.16 Å². The summed E-state index contributed by atoms with van der Waals surface area (Å²) in [6, 6.07) is 0. The Morgan fingerprint density at radius 2 is 2.20 bits per heavy atom. The van der Waals surface area contributed by atoms with Gasteiger partial charge >= 0.3 is 0 Å². The first-order valence-electron chi connectivity index (χ1n) is 3.76. The minimum Gasteiger partial charge on any atom is -0.396 e. The van der Waals surface area contributed by atoms with E-state index in [1.54, 1.807) is 0 Å². The molecule has 0 saturated carbocycles. The Balaban J connectivity index is 2.55. The highest BCUT2D eigenvalue weighted by atomic mass is 16.6. The van der Waals surface area contributed by atoms with Gasteiger partial charge in [-0.25, -0.2) is 0 Å². The third-order valence-electron chi connectivity index (χ3n) is 1.95. The van der Waals surface area contributed by atoms with Crippen molar-refractivity contribution in [1.82, 2.24) is 0 Å². The molecule has 0 aliphatic carbocycles. The summed E-state index contributed by atoms with van der Waals surface area (Å²) in [5.74, 6) is 0.584. The fourth-order valence-corrected chi connectivity index (χ4v) is 1.08. The summed E-state index contributed by atoms with van der Waals surface area (Å²) in [6.07, 6.45) is 3.02. The smallest absolute Gasteiger partial charge is 0.117 e. The van der Waals surface area contributed by atoms with E-state index < -0.39 is 0 Å². The van der Waals surface area contributed by atoms with Gasteiger partial charge in [0.15, 0.2) is 0 Å². The second-order valence-corrected chi connectivity index (χ2v) is 3.85. The molecule has 2 heteroatoms. The van der Waals surface area contributed by atoms with Crippen molar-refractivity contribution >= 4 is 6.21 Å². The lowest BCUT2D eigenvalue weighted by molar-refractivity contribution is 0.100. The van der Waals surface area contributed by atoms with Gasteiger partial charge in [0.2, 0.25) is 0 Å². The van der Waals surface area contributed by atoms with Crippen LogP contribution in [0.25, 0.3) is 0 Å². The predicted octanol–water partition coefficient (Wildman–Crippen LogP) is 2.05. The van der Waals surface area contributed by atoms with Gasteiger partial charge in [0.05, 0.1) is 0 Å². The Morgan fingerprint density at radius 1 is 1.50 bits per heavy atom. The quantitative estimate of drug-likeness (QED) is 0.506. The maximum atomic E-state index is 4.86. The highest BCUT2D eigenvalue weighted by Crippen LogP contribution is 2.28. The Labute approximate surface area is 62.3 Å². The van der Waals surface area contributed by atoms with Crippen molar-refractivity contribution in [3.05, 3.63) is 0 Å². The third-order valence-corrected chi connectivity index (χ3v) is 1.95. The van der Waals surface area contributed by atoms with E-state index in [0.717, 1.165) is 13.0 Å². The summed E-state index contributed by atoms with van der Waals surface area (Å²) >= 11 is 0. The van der Waals surface area contributed by atoms with Crippen molar-refractivity contribution < 1.29 is 4.84 Å². The molecular weight excluding hydrogens is 126 g/mol. The van der Waals surface area contributed by atoms with Gasteiger partial charge in [-0.2, -0.15) is 0 Å². The number of nitrogens with zero attached hydrogens (tertiary/aromatic N) is 1. The van der Waals surface area contributed by atoms with Crippen molar-refractivity contribution in [3.63, 3.8) is 0 Å². The van der Waals surface area contributed by atoms with Crippen LogP contribution in [0.1, 0.15) is 27.2 Å². The Kier molecular flexibility index (Phi) is 1.97. The molecule has 0 spiro atoms. The molecule has 1 atom stereocenters. The summed E-state index contributed by atoms with van der Waals surface area (Å²) in [6.45, 7) is 7.47. The molecule has 58 valence electrons. The Bertz CT molecular complexity index is 135. The van der Waals surface area contributed by atoms with Crippen molar-refractivity contribution in [2.45, 2.75) is 27.2 Å². The molecule has 0 aromatic heterocycles. The second kappa shape index (κ2) is 2.60. The van der Waals surface area contributed by atoms with Crippen LogP contribution >= 0.6 is 0 Å². The SMILES string of the molecule is CC(C)(C)C1C=NOCC1. The molecule has 10 heavy (non-hydrogen) atoms. The number of hydrogen-bond acceptors (Lipinski definition) is 2. The standard InChI is InChI=1S/C8H15NO/c1-8(2,3)7-4-5-10-9-6-7/h6-7H,4-5H2,1-3H3. The first-order chi connectivity index (χ1) is 4.61. The molecule has 0 aromatic rings. The van der Waals surface area contributed by atoms with Gasteiger partial charge in [-0.05, 0) is 11.8 Å². The van der Waals surface area contributed by atoms with Gasteiger partial charge in [0.1, 0.15) is 6.61 Å². The van der Waals surface area contributed by atoms with Crippen molar-refractivity contribution in [2.75, 3.05) is 6.61 Å². The average molecular weight is 141 g/mol. The molecule has 1 rings (SSSR count). The summed E-state index contributed by atoms with van der Waals surface area (Å²) in [5, 5.41) is 3.80. The second-order valence-electron chi connectivity index (χ2n) is 3.85. The van der Waals surface area contributed by atoms with Crippen molar-refractivity contribution in [2.24, 2.45) is 16.5 Å². The van der Waals surface area contributed by atoms with Crippen molar-refractivity contribution in [3.8, 4) is 0 Å². The number of hydrogen-bond donors (Lipinski definition) is 0. The topological polar surface area (TPSA) is 21.6 Å². The maximum absolute atomic E-state index is 4.86. The lowest BCUT2D eigenvalue weighted by Crippen LogP contribution is -2.25. The molecule has 0 aromatic carbocycles. The summed E-state index contributed by atoms with van der Waals surface area (Å²) in [7, 11) is 0. The third kappa shape index (κ3) is 1.72. The van der Waals surface area contributed by atoms with Crippen LogP contribution in [0.3, 0.4) is 0 Å². The minimum absolute atomic E-state index is 0.341. The molecule has 0 amide bonds. The zero-order valence-corrected chi connectivity index (χ0v) is 6.92. The van der Waals surface area contributed by atoms with E-state index in [1.807, 2.05) is 6.21 Å². The molecule has 0 N–H and O–H groups in total. The van der Waals surface area contributed by atoms with Crippen LogP contribution in [-0.2, 0) is 4.84 Å². The molecule has 1 unspecified atom stereocenters. The van der Waals surface area contributed by atoms with Gasteiger partial charge in [-0.3, -0.25) is 0 Å². The molecule has 2 nitrogen and oxygen atoms in total. The first kappa shape index (κ1) is 7.58. The summed E-state index contributed by atoms with van der Waals surface area (Å²) in [4.78, 5) is 4.86. The van der Waals surface area contributed by atoms with E-state index in [2.05, 4.69) is 25.9 Å².